The average molecular weight is 300 g/mol. The van der Waals surface area contributed by atoms with Crippen molar-refractivity contribution in [2.45, 2.75) is 6.36 Å². The van der Waals surface area contributed by atoms with E-state index in [0.717, 1.165) is 30.3 Å². The van der Waals surface area contributed by atoms with Gasteiger partial charge in [-0.15, -0.1) is 13.2 Å². The van der Waals surface area contributed by atoms with E-state index in [1.165, 1.54) is 12.1 Å². The molecule has 0 amide bonds. The van der Waals surface area contributed by atoms with Crippen LogP contribution in [-0.4, -0.2) is 12.6 Å². The molecule has 0 N–H and O–H groups in total. The molecule has 0 unspecified atom stereocenters. The molecule has 0 aliphatic heterocycles. The first-order chi connectivity index (χ1) is 9.87. The van der Waals surface area contributed by atoms with E-state index in [1.54, 1.807) is 0 Å². The molecular weight excluding hydrogens is 292 g/mol. The van der Waals surface area contributed by atoms with Crippen LogP contribution in [0.25, 0.3) is 0 Å². The van der Waals surface area contributed by atoms with Gasteiger partial charge in [-0.05, 0) is 42.5 Å². The van der Waals surface area contributed by atoms with Crippen molar-refractivity contribution in [1.29, 1.82) is 0 Å². The van der Waals surface area contributed by atoms with Crippen molar-refractivity contribution in [1.82, 2.24) is 0 Å². The highest BCUT2D eigenvalue weighted by Gasteiger charge is 2.31. The molecule has 0 saturated carbocycles. The smallest absolute Gasteiger partial charge is 0.457 e. The van der Waals surface area contributed by atoms with Crippen LogP contribution in [-0.2, 0) is 0 Å². The third-order valence-electron chi connectivity index (χ3n) is 2.38. The molecule has 0 aliphatic rings. The van der Waals surface area contributed by atoms with E-state index in [9.17, 15) is 22.4 Å². The van der Waals surface area contributed by atoms with Crippen molar-refractivity contribution in [3.8, 4) is 17.2 Å². The molecule has 2 aromatic carbocycles. The number of benzene rings is 2. The van der Waals surface area contributed by atoms with Crippen LogP contribution < -0.4 is 9.47 Å². The Morgan fingerprint density at radius 3 is 2.14 bits per heavy atom. The highest BCUT2D eigenvalue weighted by atomic mass is 19.4. The van der Waals surface area contributed by atoms with E-state index in [2.05, 4.69) is 4.74 Å². The Kier molecular flexibility index (Phi) is 4.11. The number of ether oxygens (including phenoxy) is 2. The van der Waals surface area contributed by atoms with Gasteiger partial charge in [-0.25, -0.2) is 4.39 Å². The fourth-order valence-corrected chi connectivity index (χ4v) is 1.54. The number of aldehydes is 1. The standard InChI is InChI=1S/C14H8F4O3/c15-10-1-3-11(4-2-10)20-13-6-5-12(7-9(13)8-19)21-14(16,17)18/h1-8H. The Hall–Kier alpha value is -2.57. The Bertz CT molecular complexity index is 636. The lowest BCUT2D eigenvalue weighted by molar-refractivity contribution is -0.274. The Labute approximate surface area is 116 Å². The number of hydrogen-bond donors (Lipinski definition) is 0. The first-order valence-corrected chi connectivity index (χ1v) is 5.66. The summed E-state index contributed by atoms with van der Waals surface area (Å²) in [5, 5.41) is 0. The fraction of sp³-hybridized carbons (Fsp3) is 0.0714. The lowest BCUT2D eigenvalue weighted by atomic mass is 10.2. The largest absolute Gasteiger partial charge is 0.573 e. The van der Waals surface area contributed by atoms with Crippen molar-refractivity contribution >= 4 is 6.29 Å². The Morgan fingerprint density at radius 2 is 1.57 bits per heavy atom. The Morgan fingerprint density at radius 1 is 0.952 bits per heavy atom. The number of alkyl halides is 3. The summed E-state index contributed by atoms with van der Waals surface area (Å²) < 4.78 is 58.0. The third kappa shape index (κ3) is 4.20. The lowest BCUT2D eigenvalue weighted by Crippen LogP contribution is -2.17. The quantitative estimate of drug-likeness (QED) is 0.623. The average Bonchev–Trinajstić information content (AvgIpc) is 2.41. The van der Waals surface area contributed by atoms with Gasteiger partial charge >= 0.3 is 6.36 Å². The molecule has 21 heavy (non-hydrogen) atoms. The van der Waals surface area contributed by atoms with Crippen LogP contribution in [0.15, 0.2) is 42.5 Å². The fourth-order valence-electron chi connectivity index (χ4n) is 1.54. The van der Waals surface area contributed by atoms with E-state index in [0.29, 0.717) is 6.29 Å². The topological polar surface area (TPSA) is 35.5 Å². The zero-order chi connectivity index (χ0) is 15.5. The van der Waals surface area contributed by atoms with E-state index >= 15 is 0 Å². The summed E-state index contributed by atoms with van der Waals surface area (Å²) >= 11 is 0. The van der Waals surface area contributed by atoms with Gasteiger partial charge < -0.3 is 9.47 Å². The van der Waals surface area contributed by atoms with Crippen LogP contribution in [0.5, 0.6) is 17.2 Å². The summed E-state index contributed by atoms with van der Waals surface area (Å²) in [7, 11) is 0. The molecule has 0 radical (unpaired) electrons. The highest BCUT2D eigenvalue weighted by Crippen LogP contribution is 2.30. The summed E-state index contributed by atoms with van der Waals surface area (Å²) in [5.74, 6) is -0.724. The summed E-state index contributed by atoms with van der Waals surface area (Å²) in [6.45, 7) is 0. The van der Waals surface area contributed by atoms with Crippen LogP contribution in [0.3, 0.4) is 0 Å². The van der Waals surface area contributed by atoms with Gasteiger partial charge in [0.05, 0.1) is 5.56 Å². The van der Waals surface area contributed by atoms with E-state index in [4.69, 9.17) is 4.74 Å². The molecule has 0 aliphatic carbocycles. The van der Waals surface area contributed by atoms with E-state index in [-0.39, 0.29) is 17.1 Å². The predicted molar refractivity (Wildman–Crippen MR) is 65.0 cm³/mol. The molecule has 0 aromatic heterocycles. The number of halogens is 4. The minimum Gasteiger partial charge on any atom is -0.457 e. The monoisotopic (exact) mass is 300 g/mol. The van der Waals surface area contributed by atoms with Gasteiger partial charge in [0, 0.05) is 0 Å². The zero-order valence-corrected chi connectivity index (χ0v) is 10.4. The molecule has 0 atom stereocenters. The van der Waals surface area contributed by atoms with Gasteiger partial charge in [0.15, 0.2) is 6.29 Å². The SMILES string of the molecule is O=Cc1cc(OC(F)(F)F)ccc1Oc1ccc(F)cc1. The zero-order valence-electron chi connectivity index (χ0n) is 10.4. The maximum atomic E-state index is 12.7. The molecule has 0 heterocycles. The van der Waals surface area contributed by atoms with Crippen molar-refractivity contribution < 1.29 is 31.8 Å². The first-order valence-electron chi connectivity index (χ1n) is 5.66. The molecule has 0 spiro atoms. The van der Waals surface area contributed by atoms with Crippen molar-refractivity contribution in [2.24, 2.45) is 0 Å². The van der Waals surface area contributed by atoms with Crippen LogP contribution in [0.1, 0.15) is 10.4 Å². The van der Waals surface area contributed by atoms with Crippen LogP contribution >= 0.6 is 0 Å². The van der Waals surface area contributed by atoms with Crippen LogP contribution in [0.4, 0.5) is 17.6 Å². The number of hydrogen-bond acceptors (Lipinski definition) is 3. The van der Waals surface area contributed by atoms with Gasteiger partial charge in [0.25, 0.3) is 0 Å². The minimum atomic E-state index is -4.85. The van der Waals surface area contributed by atoms with Crippen molar-refractivity contribution in [3.05, 3.63) is 53.8 Å². The Balaban J connectivity index is 2.24. The first kappa shape index (κ1) is 14.8. The summed E-state index contributed by atoms with van der Waals surface area (Å²) in [6.07, 6.45) is -4.51. The van der Waals surface area contributed by atoms with Gasteiger partial charge in [0.2, 0.25) is 0 Å². The van der Waals surface area contributed by atoms with Gasteiger partial charge in [-0.1, -0.05) is 0 Å². The van der Waals surface area contributed by atoms with Crippen molar-refractivity contribution in [3.63, 3.8) is 0 Å². The second-order valence-electron chi connectivity index (χ2n) is 3.92. The van der Waals surface area contributed by atoms with E-state index < -0.39 is 17.9 Å². The molecule has 3 nitrogen and oxygen atoms in total. The molecule has 110 valence electrons. The highest BCUT2D eigenvalue weighted by molar-refractivity contribution is 5.80. The maximum Gasteiger partial charge on any atom is 0.573 e. The molecule has 0 saturated heterocycles. The molecule has 7 heteroatoms. The van der Waals surface area contributed by atoms with Gasteiger partial charge in [-0.3, -0.25) is 4.79 Å². The lowest BCUT2D eigenvalue weighted by Gasteiger charge is -2.12. The summed E-state index contributed by atoms with van der Waals surface area (Å²) in [4.78, 5) is 10.9. The third-order valence-corrected chi connectivity index (χ3v) is 2.38. The van der Waals surface area contributed by atoms with Crippen LogP contribution in [0, 0.1) is 5.82 Å². The maximum absolute atomic E-state index is 12.7. The molecule has 2 aromatic rings. The number of carbonyl (C=O) groups is 1. The van der Waals surface area contributed by atoms with Crippen molar-refractivity contribution in [2.75, 3.05) is 0 Å². The van der Waals surface area contributed by atoms with Gasteiger partial charge in [-0.2, -0.15) is 0 Å². The predicted octanol–water partition coefficient (Wildman–Crippen LogP) is 4.33. The molecule has 2 rings (SSSR count). The second-order valence-corrected chi connectivity index (χ2v) is 3.92. The molecular formula is C14H8F4O3. The normalized spacial score (nSPS) is 11.0. The summed E-state index contributed by atoms with van der Waals surface area (Å²) in [6, 6.07) is 8.02. The molecule has 0 fully saturated rings. The molecule has 0 bridgehead atoms. The minimum absolute atomic E-state index is 0.0335. The van der Waals surface area contributed by atoms with E-state index in [1.807, 2.05) is 0 Å². The van der Waals surface area contributed by atoms with Crippen LogP contribution in [0.2, 0.25) is 0 Å². The summed E-state index contributed by atoms with van der Waals surface area (Å²) in [5.41, 5.74) is -0.124. The second kappa shape index (κ2) is 5.82. The number of carbonyl (C=O) groups excluding carboxylic acids is 1. The number of rotatable bonds is 4. The van der Waals surface area contributed by atoms with Gasteiger partial charge in [0.1, 0.15) is 23.1 Å².